The Balaban J connectivity index is 2.20. The van der Waals surface area contributed by atoms with E-state index in [0.29, 0.717) is 0 Å². The average molecular weight is 188 g/mol. The minimum Gasteiger partial charge on any atom is -0.314 e. The van der Waals surface area contributed by atoms with Crippen molar-refractivity contribution < 1.29 is 0 Å². The van der Waals surface area contributed by atoms with Gasteiger partial charge in [0.15, 0.2) is 0 Å². The maximum absolute atomic E-state index is 4.41. The zero-order valence-corrected chi connectivity index (χ0v) is 8.59. The molecule has 0 bridgehead atoms. The Morgan fingerprint density at radius 3 is 3.14 bits per heavy atom. The van der Waals surface area contributed by atoms with Crippen molar-refractivity contribution in [3.8, 4) is 0 Å². The molecule has 0 aromatic rings. The second-order valence-electron chi connectivity index (χ2n) is 3.63. The first kappa shape index (κ1) is 9.41. The van der Waals surface area contributed by atoms with Crippen LogP contribution in [0.2, 0.25) is 0 Å². The molecule has 1 aliphatic heterocycles. The number of nitrogens with one attached hydrogen (secondary N) is 1. The zero-order chi connectivity index (χ0) is 9.80. The van der Waals surface area contributed by atoms with Gasteiger partial charge in [0.05, 0.1) is 5.70 Å². The van der Waals surface area contributed by atoms with Crippen molar-refractivity contribution in [3.63, 3.8) is 0 Å². The summed E-state index contributed by atoms with van der Waals surface area (Å²) in [5, 5.41) is 3.16. The normalized spacial score (nSPS) is 20.5. The maximum atomic E-state index is 4.41. The van der Waals surface area contributed by atoms with Crippen molar-refractivity contribution in [3.05, 3.63) is 35.1 Å². The molecule has 74 valence electrons. The van der Waals surface area contributed by atoms with Crippen LogP contribution in [0, 0.1) is 0 Å². The van der Waals surface area contributed by atoms with Gasteiger partial charge in [-0.15, -0.1) is 0 Å². The molecule has 0 radical (unpaired) electrons. The molecule has 0 aromatic heterocycles. The van der Waals surface area contributed by atoms with Gasteiger partial charge in [0.25, 0.3) is 0 Å². The largest absolute Gasteiger partial charge is 0.314 e. The van der Waals surface area contributed by atoms with Crippen LogP contribution in [0.1, 0.15) is 19.3 Å². The van der Waals surface area contributed by atoms with Crippen molar-refractivity contribution in [2.24, 2.45) is 4.99 Å². The monoisotopic (exact) mass is 188 g/mol. The average Bonchev–Trinajstić information content (AvgIpc) is 2.68. The van der Waals surface area contributed by atoms with E-state index in [1.807, 2.05) is 13.3 Å². The van der Waals surface area contributed by atoms with Crippen LogP contribution in [-0.2, 0) is 0 Å². The highest BCUT2D eigenvalue weighted by molar-refractivity contribution is 5.70. The lowest BCUT2D eigenvalue weighted by Crippen LogP contribution is -2.10. The van der Waals surface area contributed by atoms with E-state index in [1.54, 1.807) is 0 Å². The molecule has 0 spiro atoms. The molecule has 0 saturated carbocycles. The second kappa shape index (κ2) is 4.38. The van der Waals surface area contributed by atoms with Crippen molar-refractivity contribution in [2.75, 3.05) is 13.6 Å². The van der Waals surface area contributed by atoms with Crippen LogP contribution in [0.5, 0.6) is 0 Å². The number of hydrogen-bond acceptors (Lipinski definition) is 2. The van der Waals surface area contributed by atoms with Crippen LogP contribution in [0.25, 0.3) is 0 Å². The van der Waals surface area contributed by atoms with E-state index >= 15 is 0 Å². The fraction of sp³-hybridized carbons (Fsp3) is 0.417. The quantitative estimate of drug-likeness (QED) is 0.721. The van der Waals surface area contributed by atoms with Crippen LogP contribution in [0.3, 0.4) is 0 Å². The molecule has 2 aliphatic rings. The van der Waals surface area contributed by atoms with Crippen LogP contribution in [0.4, 0.5) is 0 Å². The van der Waals surface area contributed by atoms with Crippen LogP contribution >= 0.6 is 0 Å². The van der Waals surface area contributed by atoms with E-state index in [-0.39, 0.29) is 0 Å². The Morgan fingerprint density at radius 1 is 1.50 bits per heavy atom. The molecule has 2 nitrogen and oxygen atoms in total. The minimum absolute atomic E-state index is 0.882. The molecule has 0 fully saturated rings. The van der Waals surface area contributed by atoms with E-state index < -0.39 is 0 Å². The van der Waals surface area contributed by atoms with Crippen molar-refractivity contribution >= 4 is 6.21 Å². The summed E-state index contributed by atoms with van der Waals surface area (Å²) in [7, 11) is 1.97. The molecule has 2 rings (SSSR count). The second-order valence-corrected chi connectivity index (χ2v) is 3.63. The molecule has 14 heavy (non-hydrogen) atoms. The molecule has 0 amide bonds. The highest BCUT2D eigenvalue weighted by Gasteiger charge is 2.14. The lowest BCUT2D eigenvalue weighted by molar-refractivity contribution is 0.858. The van der Waals surface area contributed by atoms with Gasteiger partial charge in [-0.05, 0) is 31.0 Å². The van der Waals surface area contributed by atoms with Gasteiger partial charge in [0, 0.05) is 19.2 Å². The lowest BCUT2D eigenvalue weighted by Gasteiger charge is -2.11. The van der Waals surface area contributed by atoms with Gasteiger partial charge >= 0.3 is 0 Å². The van der Waals surface area contributed by atoms with E-state index in [1.165, 1.54) is 29.7 Å². The van der Waals surface area contributed by atoms with Gasteiger partial charge in [-0.1, -0.05) is 18.2 Å². The molecule has 1 N–H and O–H groups in total. The predicted molar refractivity (Wildman–Crippen MR) is 60.5 cm³/mol. The van der Waals surface area contributed by atoms with Crippen LogP contribution in [0.15, 0.2) is 40.1 Å². The number of aliphatic imine (C=N–C) groups is 1. The van der Waals surface area contributed by atoms with Gasteiger partial charge in [-0.25, -0.2) is 0 Å². The predicted octanol–water partition coefficient (Wildman–Crippen LogP) is 2.21. The summed E-state index contributed by atoms with van der Waals surface area (Å²) in [6.07, 6.45) is 12.0. The first-order valence-electron chi connectivity index (χ1n) is 5.17. The topological polar surface area (TPSA) is 24.4 Å². The number of nitrogens with zero attached hydrogens (tertiary/aromatic N) is 1. The summed E-state index contributed by atoms with van der Waals surface area (Å²) in [6.45, 7) is 0.882. The molecule has 0 aromatic carbocycles. The number of rotatable bonds is 3. The highest BCUT2D eigenvalue weighted by Crippen LogP contribution is 2.28. The smallest absolute Gasteiger partial charge is 0.0576 e. The molecule has 1 heterocycles. The van der Waals surface area contributed by atoms with Gasteiger partial charge < -0.3 is 5.32 Å². The van der Waals surface area contributed by atoms with Crippen molar-refractivity contribution in [1.29, 1.82) is 0 Å². The fourth-order valence-corrected chi connectivity index (χ4v) is 1.93. The Kier molecular flexibility index (Phi) is 2.94. The molecule has 0 saturated heterocycles. The van der Waals surface area contributed by atoms with E-state index in [2.05, 4.69) is 28.5 Å². The standard InChI is InChI=1S/C12H16N2/c1-13-9-12-11(7-8-14-12)10-5-3-2-4-6-10/h2-3,5,8,13H,4,6-7,9H2,1H3. The molecular formula is C12H16N2. The Hall–Kier alpha value is -1.15. The zero-order valence-electron chi connectivity index (χ0n) is 8.59. The van der Waals surface area contributed by atoms with Crippen LogP contribution in [-0.4, -0.2) is 19.8 Å². The first-order valence-corrected chi connectivity index (χ1v) is 5.17. The lowest BCUT2D eigenvalue weighted by atomic mass is 9.95. The van der Waals surface area contributed by atoms with Gasteiger partial charge in [0.1, 0.15) is 0 Å². The highest BCUT2D eigenvalue weighted by atomic mass is 14.9. The summed E-state index contributed by atoms with van der Waals surface area (Å²) >= 11 is 0. The Bertz CT molecular complexity index is 332. The minimum atomic E-state index is 0.882. The third-order valence-corrected chi connectivity index (χ3v) is 2.64. The van der Waals surface area contributed by atoms with Gasteiger partial charge in [0.2, 0.25) is 0 Å². The van der Waals surface area contributed by atoms with Crippen molar-refractivity contribution in [2.45, 2.75) is 19.3 Å². The van der Waals surface area contributed by atoms with Gasteiger partial charge in [-0.3, -0.25) is 4.99 Å². The third-order valence-electron chi connectivity index (χ3n) is 2.64. The van der Waals surface area contributed by atoms with Gasteiger partial charge in [-0.2, -0.15) is 0 Å². The summed E-state index contributed by atoms with van der Waals surface area (Å²) in [5.41, 5.74) is 4.12. The van der Waals surface area contributed by atoms with Crippen LogP contribution < -0.4 is 5.32 Å². The van der Waals surface area contributed by atoms with E-state index in [4.69, 9.17) is 0 Å². The molecule has 0 atom stereocenters. The Labute approximate surface area is 85.1 Å². The molecule has 2 heteroatoms. The van der Waals surface area contributed by atoms with Crippen molar-refractivity contribution in [1.82, 2.24) is 5.32 Å². The Morgan fingerprint density at radius 2 is 2.43 bits per heavy atom. The SMILES string of the molecule is CNCC1=C(C2=CC=CCC2)CC=N1. The molecule has 1 aliphatic carbocycles. The number of allylic oxidation sites excluding steroid dienone is 5. The summed E-state index contributed by atoms with van der Waals surface area (Å²) in [6, 6.07) is 0. The van der Waals surface area contributed by atoms with E-state index in [0.717, 1.165) is 13.0 Å². The van der Waals surface area contributed by atoms with E-state index in [9.17, 15) is 0 Å². The maximum Gasteiger partial charge on any atom is 0.0576 e. The summed E-state index contributed by atoms with van der Waals surface area (Å²) < 4.78 is 0. The first-order chi connectivity index (χ1) is 6.92. The molecular weight excluding hydrogens is 172 g/mol. The summed E-state index contributed by atoms with van der Waals surface area (Å²) in [4.78, 5) is 4.41. The summed E-state index contributed by atoms with van der Waals surface area (Å²) in [5.74, 6) is 0. The fourth-order valence-electron chi connectivity index (χ4n) is 1.93. The third kappa shape index (κ3) is 1.85. The number of likely N-dealkylation sites (N-methyl/N-ethyl adjacent to an activating group) is 1. The molecule has 0 unspecified atom stereocenters. The number of hydrogen-bond donors (Lipinski definition) is 1.